The summed E-state index contributed by atoms with van der Waals surface area (Å²) in [4.78, 5) is 13.5. The van der Waals surface area contributed by atoms with Crippen molar-refractivity contribution in [3.63, 3.8) is 0 Å². The van der Waals surface area contributed by atoms with Gasteiger partial charge in [-0.25, -0.2) is 0 Å². The molecule has 13 heavy (non-hydrogen) atoms. The van der Waals surface area contributed by atoms with Gasteiger partial charge in [0.15, 0.2) is 0 Å². The first-order valence-corrected chi connectivity index (χ1v) is 5.88. The van der Waals surface area contributed by atoms with E-state index in [0.717, 1.165) is 24.8 Å². The first kappa shape index (κ1) is 11.0. The summed E-state index contributed by atoms with van der Waals surface area (Å²) in [6.07, 6.45) is 2.90. The van der Waals surface area contributed by atoms with Gasteiger partial charge in [-0.3, -0.25) is 4.79 Å². The quantitative estimate of drug-likeness (QED) is 0.756. The SMILES string of the molecule is CN1CCCC(NC(=O)CCBr)C1. The lowest BCUT2D eigenvalue weighted by molar-refractivity contribution is -0.121. The summed E-state index contributed by atoms with van der Waals surface area (Å²) >= 11 is 3.26. The molecule has 1 unspecified atom stereocenters. The van der Waals surface area contributed by atoms with Gasteiger partial charge in [-0.05, 0) is 26.4 Å². The number of carbonyl (C=O) groups is 1. The summed E-state index contributed by atoms with van der Waals surface area (Å²) in [5.74, 6) is 0.164. The fourth-order valence-corrected chi connectivity index (χ4v) is 2.03. The Morgan fingerprint density at radius 3 is 3.08 bits per heavy atom. The molecule has 0 aromatic rings. The van der Waals surface area contributed by atoms with Crippen molar-refractivity contribution in [3.05, 3.63) is 0 Å². The minimum absolute atomic E-state index is 0.164. The number of rotatable bonds is 3. The molecule has 0 aliphatic carbocycles. The van der Waals surface area contributed by atoms with E-state index in [1.54, 1.807) is 0 Å². The summed E-state index contributed by atoms with van der Waals surface area (Å²) in [7, 11) is 2.10. The Balaban J connectivity index is 2.23. The van der Waals surface area contributed by atoms with E-state index in [0.29, 0.717) is 12.5 Å². The zero-order chi connectivity index (χ0) is 9.68. The zero-order valence-electron chi connectivity index (χ0n) is 8.05. The number of likely N-dealkylation sites (tertiary alicyclic amines) is 1. The number of halogens is 1. The van der Waals surface area contributed by atoms with E-state index in [1.807, 2.05) is 0 Å². The van der Waals surface area contributed by atoms with Gasteiger partial charge in [-0.15, -0.1) is 0 Å². The smallest absolute Gasteiger partial charge is 0.221 e. The standard InChI is InChI=1S/C9H17BrN2O/c1-12-6-2-3-8(7-12)11-9(13)4-5-10/h8H,2-7H2,1H3,(H,11,13). The molecule has 0 saturated carbocycles. The molecule has 1 aliphatic rings. The van der Waals surface area contributed by atoms with Crippen LogP contribution in [0.2, 0.25) is 0 Å². The number of hydrogen-bond acceptors (Lipinski definition) is 2. The molecule has 76 valence electrons. The highest BCUT2D eigenvalue weighted by Crippen LogP contribution is 2.07. The van der Waals surface area contributed by atoms with E-state index in [4.69, 9.17) is 0 Å². The molecule has 0 radical (unpaired) electrons. The number of amides is 1. The molecule has 1 aliphatic heterocycles. The van der Waals surface area contributed by atoms with E-state index in [9.17, 15) is 4.79 Å². The van der Waals surface area contributed by atoms with Crippen molar-refractivity contribution in [2.24, 2.45) is 0 Å². The average molecular weight is 249 g/mol. The predicted octanol–water partition coefficient (Wildman–Crippen LogP) is 0.982. The third-order valence-corrected chi connectivity index (χ3v) is 2.71. The van der Waals surface area contributed by atoms with Crippen LogP contribution in [0.5, 0.6) is 0 Å². The number of nitrogens with one attached hydrogen (secondary N) is 1. The Labute approximate surface area is 88.0 Å². The lowest BCUT2D eigenvalue weighted by Gasteiger charge is -2.30. The van der Waals surface area contributed by atoms with Crippen LogP contribution in [0.15, 0.2) is 0 Å². The maximum absolute atomic E-state index is 11.3. The Morgan fingerprint density at radius 1 is 1.69 bits per heavy atom. The van der Waals surface area contributed by atoms with Gasteiger partial charge in [0, 0.05) is 24.3 Å². The van der Waals surface area contributed by atoms with Crippen molar-refractivity contribution >= 4 is 21.8 Å². The molecule has 4 heteroatoms. The van der Waals surface area contributed by atoms with Gasteiger partial charge in [0.25, 0.3) is 0 Å². The van der Waals surface area contributed by atoms with Crippen molar-refractivity contribution in [1.29, 1.82) is 0 Å². The monoisotopic (exact) mass is 248 g/mol. The zero-order valence-corrected chi connectivity index (χ0v) is 9.64. The summed E-state index contributed by atoms with van der Waals surface area (Å²) in [6.45, 7) is 2.15. The van der Waals surface area contributed by atoms with Crippen LogP contribution in [-0.4, -0.2) is 42.3 Å². The molecule has 1 heterocycles. The lowest BCUT2D eigenvalue weighted by Crippen LogP contribution is -2.46. The number of hydrogen-bond donors (Lipinski definition) is 1. The number of alkyl halides is 1. The third-order valence-electron chi connectivity index (χ3n) is 2.31. The number of nitrogens with zero attached hydrogens (tertiary/aromatic N) is 1. The normalized spacial score (nSPS) is 24.3. The summed E-state index contributed by atoms with van der Waals surface area (Å²) in [5.41, 5.74) is 0. The number of likely N-dealkylation sites (N-methyl/N-ethyl adjacent to an activating group) is 1. The highest BCUT2D eigenvalue weighted by Gasteiger charge is 2.18. The average Bonchev–Trinajstić information content (AvgIpc) is 2.04. The molecule has 3 nitrogen and oxygen atoms in total. The number of piperidine rings is 1. The van der Waals surface area contributed by atoms with E-state index >= 15 is 0 Å². The molecule has 0 aromatic heterocycles. The Hall–Kier alpha value is -0.0900. The topological polar surface area (TPSA) is 32.3 Å². The minimum atomic E-state index is 0.164. The lowest BCUT2D eigenvalue weighted by atomic mass is 10.1. The van der Waals surface area contributed by atoms with Crippen LogP contribution in [0.1, 0.15) is 19.3 Å². The second-order valence-electron chi connectivity index (χ2n) is 3.61. The largest absolute Gasteiger partial charge is 0.352 e. The second kappa shape index (κ2) is 5.60. The van der Waals surface area contributed by atoms with Crippen LogP contribution >= 0.6 is 15.9 Å². The van der Waals surface area contributed by atoms with Gasteiger partial charge in [-0.2, -0.15) is 0 Å². The second-order valence-corrected chi connectivity index (χ2v) is 4.40. The van der Waals surface area contributed by atoms with E-state index in [1.165, 1.54) is 6.42 Å². The Morgan fingerprint density at radius 2 is 2.46 bits per heavy atom. The molecular weight excluding hydrogens is 232 g/mol. The summed E-state index contributed by atoms with van der Waals surface area (Å²) in [5, 5.41) is 3.79. The summed E-state index contributed by atoms with van der Waals surface area (Å²) < 4.78 is 0. The van der Waals surface area contributed by atoms with Gasteiger partial charge in [0.1, 0.15) is 0 Å². The third kappa shape index (κ3) is 4.09. The fourth-order valence-electron chi connectivity index (χ4n) is 1.67. The molecule has 1 N–H and O–H groups in total. The highest BCUT2D eigenvalue weighted by molar-refractivity contribution is 9.09. The van der Waals surface area contributed by atoms with Crippen LogP contribution in [0.4, 0.5) is 0 Å². The van der Waals surface area contributed by atoms with Crippen LogP contribution in [-0.2, 0) is 4.79 Å². The van der Waals surface area contributed by atoms with Crippen LogP contribution in [0.25, 0.3) is 0 Å². The Bertz CT molecular complexity index is 175. The van der Waals surface area contributed by atoms with Crippen molar-refractivity contribution in [1.82, 2.24) is 10.2 Å². The Kier molecular flexibility index (Phi) is 4.73. The highest BCUT2D eigenvalue weighted by atomic mass is 79.9. The van der Waals surface area contributed by atoms with Crippen molar-refractivity contribution in [3.8, 4) is 0 Å². The van der Waals surface area contributed by atoms with E-state index in [-0.39, 0.29) is 5.91 Å². The molecular formula is C9H17BrN2O. The molecule has 1 rings (SSSR count). The molecule has 1 atom stereocenters. The maximum Gasteiger partial charge on any atom is 0.221 e. The van der Waals surface area contributed by atoms with E-state index in [2.05, 4.69) is 33.2 Å². The van der Waals surface area contributed by atoms with Crippen molar-refractivity contribution in [2.75, 3.05) is 25.5 Å². The van der Waals surface area contributed by atoms with Gasteiger partial charge < -0.3 is 10.2 Å². The fraction of sp³-hybridized carbons (Fsp3) is 0.889. The first-order chi connectivity index (χ1) is 6.22. The van der Waals surface area contributed by atoms with Gasteiger partial charge in [0.05, 0.1) is 0 Å². The molecule has 0 aromatic carbocycles. The van der Waals surface area contributed by atoms with Crippen LogP contribution in [0.3, 0.4) is 0 Å². The minimum Gasteiger partial charge on any atom is -0.352 e. The first-order valence-electron chi connectivity index (χ1n) is 4.76. The maximum atomic E-state index is 11.3. The molecule has 0 spiro atoms. The van der Waals surface area contributed by atoms with Crippen molar-refractivity contribution < 1.29 is 4.79 Å². The molecule has 1 amide bonds. The van der Waals surface area contributed by atoms with E-state index < -0.39 is 0 Å². The molecule has 0 bridgehead atoms. The van der Waals surface area contributed by atoms with Crippen LogP contribution < -0.4 is 5.32 Å². The summed E-state index contributed by atoms with van der Waals surface area (Å²) in [6, 6.07) is 0.366. The van der Waals surface area contributed by atoms with Gasteiger partial charge >= 0.3 is 0 Å². The number of carbonyl (C=O) groups excluding carboxylic acids is 1. The molecule has 1 saturated heterocycles. The molecule has 1 fully saturated rings. The van der Waals surface area contributed by atoms with Crippen LogP contribution in [0, 0.1) is 0 Å². The predicted molar refractivity (Wildman–Crippen MR) is 57.1 cm³/mol. The van der Waals surface area contributed by atoms with Gasteiger partial charge in [-0.1, -0.05) is 15.9 Å². The van der Waals surface area contributed by atoms with Gasteiger partial charge in [0.2, 0.25) is 5.91 Å². The van der Waals surface area contributed by atoms with Crippen molar-refractivity contribution in [2.45, 2.75) is 25.3 Å².